The predicted octanol–water partition coefficient (Wildman–Crippen LogP) is 3.63. The minimum Gasteiger partial charge on any atom is -0.465 e. The number of aryl methyl sites for hydroxylation is 1. The molecule has 0 unspecified atom stereocenters. The fourth-order valence-corrected chi connectivity index (χ4v) is 2.67. The van der Waals surface area contributed by atoms with Crippen LogP contribution in [-0.4, -0.2) is 19.0 Å². The molecule has 0 aliphatic heterocycles. The molecule has 4 nitrogen and oxygen atoms in total. The second-order valence-electron chi connectivity index (χ2n) is 4.47. The molecule has 0 saturated carbocycles. The maximum Gasteiger partial charge on any atom is 0.340 e. The maximum atomic E-state index is 12.8. The van der Waals surface area contributed by atoms with E-state index < -0.39 is 5.97 Å². The average molecular weight is 319 g/mol. The van der Waals surface area contributed by atoms with Crippen molar-refractivity contribution in [2.24, 2.45) is 0 Å². The Kier molecular flexibility index (Phi) is 5.06. The molecule has 2 aromatic rings. The fraction of sp³-hybridized carbons (Fsp3) is 0.125. The van der Waals surface area contributed by atoms with E-state index in [2.05, 4.69) is 10.1 Å². The molecule has 6 heteroatoms. The molecule has 22 heavy (non-hydrogen) atoms. The number of rotatable bonds is 4. The first-order valence-electron chi connectivity index (χ1n) is 6.43. The number of anilines is 1. The Morgan fingerprint density at radius 2 is 1.95 bits per heavy atom. The van der Waals surface area contributed by atoms with Crippen molar-refractivity contribution in [2.75, 3.05) is 12.4 Å². The number of hydrogen-bond donors (Lipinski definition) is 1. The van der Waals surface area contributed by atoms with E-state index in [4.69, 9.17) is 0 Å². The van der Waals surface area contributed by atoms with Crippen molar-refractivity contribution in [1.29, 1.82) is 0 Å². The molecule has 0 atom stereocenters. The lowest BCUT2D eigenvalue weighted by atomic mass is 10.2. The first-order chi connectivity index (χ1) is 10.5. The van der Waals surface area contributed by atoms with Crippen molar-refractivity contribution in [3.8, 4) is 0 Å². The van der Waals surface area contributed by atoms with Gasteiger partial charge in [0.15, 0.2) is 0 Å². The van der Waals surface area contributed by atoms with Gasteiger partial charge in [-0.1, -0.05) is 12.1 Å². The molecule has 0 spiro atoms. The topological polar surface area (TPSA) is 55.4 Å². The summed E-state index contributed by atoms with van der Waals surface area (Å²) in [7, 11) is 1.29. The highest BCUT2D eigenvalue weighted by Crippen LogP contribution is 2.28. The van der Waals surface area contributed by atoms with E-state index in [0.717, 1.165) is 4.88 Å². The second-order valence-corrected chi connectivity index (χ2v) is 5.72. The number of methoxy groups -OCH3 is 1. The number of benzene rings is 1. The standard InChI is InChI=1S/C16H14FNO3S/c1-10-9-13(16(20)21-2)15(22-10)18-14(19)8-5-11-3-6-12(17)7-4-11/h3-9H,1-2H3,(H,18,19)/b8-5+. The molecule has 1 heterocycles. The molecular formula is C16H14FNO3S. The first-order valence-corrected chi connectivity index (χ1v) is 7.24. The summed E-state index contributed by atoms with van der Waals surface area (Å²) < 4.78 is 17.5. The number of halogens is 1. The van der Waals surface area contributed by atoms with Crippen LogP contribution >= 0.6 is 11.3 Å². The Bertz CT molecular complexity index is 719. The molecule has 1 amide bonds. The number of amides is 1. The van der Waals surface area contributed by atoms with Crippen molar-refractivity contribution in [2.45, 2.75) is 6.92 Å². The van der Waals surface area contributed by atoms with Crippen molar-refractivity contribution in [1.82, 2.24) is 0 Å². The fourth-order valence-electron chi connectivity index (χ4n) is 1.77. The van der Waals surface area contributed by atoms with Gasteiger partial charge in [0.1, 0.15) is 10.8 Å². The Labute approximate surface area is 131 Å². The van der Waals surface area contributed by atoms with E-state index in [0.29, 0.717) is 16.1 Å². The summed E-state index contributed by atoms with van der Waals surface area (Å²) in [5.74, 6) is -1.21. The largest absolute Gasteiger partial charge is 0.465 e. The number of esters is 1. The van der Waals surface area contributed by atoms with E-state index >= 15 is 0 Å². The van der Waals surface area contributed by atoms with Gasteiger partial charge in [0.2, 0.25) is 5.91 Å². The van der Waals surface area contributed by atoms with Crippen LogP contribution in [0.25, 0.3) is 6.08 Å². The zero-order chi connectivity index (χ0) is 16.1. The van der Waals surface area contributed by atoms with Crippen molar-refractivity contribution < 1.29 is 18.7 Å². The van der Waals surface area contributed by atoms with Gasteiger partial charge < -0.3 is 10.1 Å². The first kappa shape index (κ1) is 15.9. The smallest absolute Gasteiger partial charge is 0.340 e. The lowest BCUT2D eigenvalue weighted by molar-refractivity contribution is -0.111. The van der Waals surface area contributed by atoms with E-state index in [-0.39, 0.29) is 11.7 Å². The average Bonchev–Trinajstić information content (AvgIpc) is 2.86. The lowest BCUT2D eigenvalue weighted by Crippen LogP contribution is -2.10. The number of thiophene rings is 1. The number of hydrogen-bond acceptors (Lipinski definition) is 4. The van der Waals surface area contributed by atoms with Gasteiger partial charge in [-0.25, -0.2) is 9.18 Å². The van der Waals surface area contributed by atoms with Crippen molar-refractivity contribution in [3.63, 3.8) is 0 Å². The van der Waals surface area contributed by atoms with E-state index in [1.165, 1.54) is 36.7 Å². The molecular weight excluding hydrogens is 305 g/mol. The van der Waals surface area contributed by atoms with Crippen LogP contribution < -0.4 is 5.32 Å². The van der Waals surface area contributed by atoms with Crippen LogP contribution in [0.3, 0.4) is 0 Å². The summed E-state index contributed by atoms with van der Waals surface area (Å²) in [4.78, 5) is 24.4. The third kappa shape index (κ3) is 4.02. The van der Waals surface area contributed by atoms with Crippen LogP contribution in [0.15, 0.2) is 36.4 Å². The zero-order valence-corrected chi connectivity index (χ0v) is 12.9. The zero-order valence-electron chi connectivity index (χ0n) is 12.1. The summed E-state index contributed by atoms with van der Waals surface area (Å²) in [5, 5.41) is 3.09. The highest BCUT2D eigenvalue weighted by molar-refractivity contribution is 7.16. The number of carbonyl (C=O) groups excluding carboxylic acids is 2. The van der Waals surface area contributed by atoms with Crippen LogP contribution in [0.5, 0.6) is 0 Å². The third-order valence-corrected chi connectivity index (χ3v) is 3.76. The monoisotopic (exact) mass is 319 g/mol. The molecule has 2 rings (SSSR count). The Morgan fingerprint density at radius 3 is 2.59 bits per heavy atom. The minimum atomic E-state index is -0.498. The maximum absolute atomic E-state index is 12.8. The van der Waals surface area contributed by atoms with Crippen LogP contribution in [0, 0.1) is 12.7 Å². The van der Waals surface area contributed by atoms with E-state index in [1.807, 2.05) is 6.92 Å². The quantitative estimate of drug-likeness (QED) is 0.691. The summed E-state index contributed by atoms with van der Waals surface area (Å²) in [6.45, 7) is 1.83. The van der Waals surface area contributed by atoms with E-state index in [9.17, 15) is 14.0 Å². The minimum absolute atomic E-state index is 0.327. The van der Waals surface area contributed by atoms with Gasteiger partial charge in [0, 0.05) is 11.0 Å². The molecule has 1 aromatic carbocycles. The van der Waals surface area contributed by atoms with Gasteiger partial charge in [0.05, 0.1) is 12.7 Å². The van der Waals surface area contributed by atoms with Crippen LogP contribution in [0.4, 0.5) is 9.39 Å². The molecule has 0 bridgehead atoms. The molecule has 0 radical (unpaired) electrons. The van der Waals surface area contributed by atoms with Gasteiger partial charge in [-0.05, 0) is 36.8 Å². The molecule has 114 valence electrons. The van der Waals surface area contributed by atoms with Gasteiger partial charge in [-0.3, -0.25) is 4.79 Å². The van der Waals surface area contributed by atoms with Crippen molar-refractivity contribution >= 4 is 34.3 Å². The summed E-state index contributed by atoms with van der Waals surface area (Å²) in [6, 6.07) is 7.42. The van der Waals surface area contributed by atoms with Gasteiger partial charge in [0.25, 0.3) is 0 Å². The highest BCUT2D eigenvalue weighted by atomic mass is 32.1. The SMILES string of the molecule is COC(=O)c1cc(C)sc1NC(=O)/C=C/c1ccc(F)cc1. The van der Waals surface area contributed by atoms with E-state index in [1.54, 1.807) is 24.3 Å². The number of carbonyl (C=O) groups is 2. The second kappa shape index (κ2) is 7.00. The number of nitrogens with one attached hydrogen (secondary N) is 1. The predicted molar refractivity (Wildman–Crippen MR) is 84.5 cm³/mol. The van der Waals surface area contributed by atoms with Gasteiger partial charge in [-0.15, -0.1) is 11.3 Å². The third-order valence-electron chi connectivity index (χ3n) is 2.79. The summed E-state index contributed by atoms with van der Waals surface area (Å²) in [5.41, 5.74) is 1.03. The normalized spacial score (nSPS) is 10.7. The summed E-state index contributed by atoms with van der Waals surface area (Å²) in [6.07, 6.45) is 2.89. The Hall–Kier alpha value is -2.47. The molecule has 1 N–H and O–H groups in total. The Balaban J connectivity index is 2.09. The lowest BCUT2D eigenvalue weighted by Gasteiger charge is -2.02. The van der Waals surface area contributed by atoms with Crippen LogP contribution in [0.1, 0.15) is 20.8 Å². The van der Waals surface area contributed by atoms with Gasteiger partial charge in [-0.2, -0.15) is 0 Å². The van der Waals surface area contributed by atoms with Crippen LogP contribution in [0.2, 0.25) is 0 Å². The Morgan fingerprint density at radius 1 is 1.27 bits per heavy atom. The molecule has 0 aliphatic rings. The summed E-state index contributed by atoms with van der Waals surface area (Å²) >= 11 is 1.29. The molecule has 1 aromatic heterocycles. The van der Waals surface area contributed by atoms with Crippen molar-refractivity contribution in [3.05, 3.63) is 58.2 Å². The van der Waals surface area contributed by atoms with Crippen LogP contribution in [-0.2, 0) is 9.53 Å². The number of ether oxygens (including phenoxy) is 1. The molecule has 0 saturated heterocycles. The van der Waals surface area contributed by atoms with Gasteiger partial charge >= 0.3 is 5.97 Å². The molecule has 0 fully saturated rings. The molecule has 0 aliphatic carbocycles. The highest BCUT2D eigenvalue weighted by Gasteiger charge is 2.16.